The summed E-state index contributed by atoms with van der Waals surface area (Å²) in [6.07, 6.45) is 2.60. The molecule has 0 saturated carbocycles. The zero-order valence-corrected chi connectivity index (χ0v) is 10.3. The number of aromatic amines is 1. The van der Waals surface area contributed by atoms with Gasteiger partial charge in [0.25, 0.3) is 0 Å². The van der Waals surface area contributed by atoms with E-state index in [1.54, 1.807) is 6.20 Å². The van der Waals surface area contributed by atoms with Gasteiger partial charge in [0.2, 0.25) is 0 Å². The van der Waals surface area contributed by atoms with Crippen LogP contribution in [0.2, 0.25) is 0 Å². The van der Waals surface area contributed by atoms with Crippen molar-refractivity contribution in [1.29, 1.82) is 0 Å². The third-order valence-corrected chi connectivity index (χ3v) is 2.79. The number of aldehydes is 1. The van der Waals surface area contributed by atoms with Crippen LogP contribution >= 0.6 is 12.4 Å². The summed E-state index contributed by atoms with van der Waals surface area (Å²) in [6, 6.07) is 13.4. The lowest BCUT2D eigenvalue weighted by atomic mass is 10.1. The first-order valence-electron chi connectivity index (χ1n) is 5.37. The fraction of sp³-hybridized carbons (Fsp3) is 0. The van der Waals surface area contributed by atoms with Gasteiger partial charge in [0, 0.05) is 22.7 Å². The molecule has 0 spiro atoms. The molecule has 0 fully saturated rings. The van der Waals surface area contributed by atoms with Crippen LogP contribution in [0.4, 0.5) is 0 Å². The van der Waals surface area contributed by atoms with Crippen molar-refractivity contribution in [1.82, 2.24) is 9.97 Å². The van der Waals surface area contributed by atoms with Crippen LogP contribution in [-0.2, 0) is 0 Å². The van der Waals surface area contributed by atoms with Gasteiger partial charge in [0.15, 0.2) is 6.29 Å². The molecule has 18 heavy (non-hydrogen) atoms. The van der Waals surface area contributed by atoms with E-state index in [0.717, 1.165) is 28.6 Å². The highest BCUT2D eigenvalue weighted by molar-refractivity contribution is 6.03. The van der Waals surface area contributed by atoms with E-state index >= 15 is 0 Å². The zero-order chi connectivity index (χ0) is 11.7. The van der Waals surface area contributed by atoms with Gasteiger partial charge < -0.3 is 4.98 Å². The van der Waals surface area contributed by atoms with Crippen molar-refractivity contribution in [3.05, 3.63) is 54.2 Å². The number of nitrogens with zero attached hydrogens (tertiary/aromatic N) is 1. The molecule has 4 heteroatoms. The lowest BCUT2D eigenvalue weighted by molar-refractivity contribution is 0.112. The van der Waals surface area contributed by atoms with E-state index in [0.29, 0.717) is 5.56 Å². The Morgan fingerprint density at radius 1 is 1.06 bits per heavy atom. The second kappa shape index (κ2) is 5.02. The summed E-state index contributed by atoms with van der Waals surface area (Å²) >= 11 is 0. The summed E-state index contributed by atoms with van der Waals surface area (Å²) in [5.74, 6) is 0. The van der Waals surface area contributed by atoms with Crippen LogP contribution in [0, 0.1) is 0 Å². The van der Waals surface area contributed by atoms with E-state index in [4.69, 9.17) is 0 Å². The van der Waals surface area contributed by atoms with Crippen molar-refractivity contribution >= 4 is 29.6 Å². The Labute approximate surface area is 110 Å². The van der Waals surface area contributed by atoms with Crippen molar-refractivity contribution in [2.24, 2.45) is 0 Å². The Bertz CT molecular complexity index is 677. The van der Waals surface area contributed by atoms with Crippen LogP contribution in [0.3, 0.4) is 0 Å². The molecular formula is C14H11ClN2O. The summed E-state index contributed by atoms with van der Waals surface area (Å²) in [6.45, 7) is 0. The summed E-state index contributed by atoms with van der Waals surface area (Å²) < 4.78 is 0. The van der Waals surface area contributed by atoms with Gasteiger partial charge in [-0.2, -0.15) is 0 Å². The molecule has 3 rings (SSSR count). The summed E-state index contributed by atoms with van der Waals surface area (Å²) in [5, 5.41) is 0.933. The van der Waals surface area contributed by atoms with Gasteiger partial charge >= 0.3 is 0 Å². The second-order valence-electron chi connectivity index (χ2n) is 3.79. The third-order valence-electron chi connectivity index (χ3n) is 2.79. The molecule has 0 aliphatic rings. The molecule has 0 unspecified atom stereocenters. The van der Waals surface area contributed by atoms with Crippen LogP contribution in [0.1, 0.15) is 10.4 Å². The molecule has 0 saturated heterocycles. The highest BCUT2D eigenvalue weighted by Gasteiger charge is 2.12. The van der Waals surface area contributed by atoms with E-state index in [1.807, 2.05) is 42.5 Å². The number of rotatable bonds is 2. The molecule has 1 aromatic carbocycles. The molecule has 0 aliphatic carbocycles. The SMILES string of the molecule is Cl.O=Cc1c(-c2ccccn2)[nH]c2ccccc12. The van der Waals surface area contributed by atoms with E-state index < -0.39 is 0 Å². The first-order chi connectivity index (χ1) is 8.40. The van der Waals surface area contributed by atoms with Gasteiger partial charge in [0.05, 0.1) is 11.4 Å². The molecule has 2 heterocycles. The average Bonchev–Trinajstić information content (AvgIpc) is 2.78. The smallest absolute Gasteiger partial charge is 0.152 e. The minimum Gasteiger partial charge on any atom is -0.353 e. The van der Waals surface area contributed by atoms with Gasteiger partial charge in [0.1, 0.15) is 0 Å². The quantitative estimate of drug-likeness (QED) is 0.716. The number of hydrogen-bond acceptors (Lipinski definition) is 2. The molecule has 0 bridgehead atoms. The number of nitrogens with one attached hydrogen (secondary N) is 1. The van der Waals surface area contributed by atoms with Crippen molar-refractivity contribution in [3.63, 3.8) is 0 Å². The number of carbonyl (C=O) groups is 1. The number of pyridine rings is 1. The van der Waals surface area contributed by atoms with E-state index in [-0.39, 0.29) is 12.4 Å². The number of carbonyl (C=O) groups excluding carboxylic acids is 1. The maximum atomic E-state index is 11.2. The second-order valence-corrected chi connectivity index (χ2v) is 3.79. The highest BCUT2D eigenvalue weighted by Crippen LogP contribution is 2.27. The normalized spacial score (nSPS) is 10.0. The molecule has 0 radical (unpaired) electrons. The van der Waals surface area contributed by atoms with Gasteiger partial charge in [-0.05, 0) is 18.2 Å². The van der Waals surface area contributed by atoms with Crippen molar-refractivity contribution in [2.45, 2.75) is 0 Å². The van der Waals surface area contributed by atoms with Crippen LogP contribution in [-0.4, -0.2) is 16.3 Å². The molecule has 3 nitrogen and oxygen atoms in total. The maximum absolute atomic E-state index is 11.2. The van der Waals surface area contributed by atoms with Crippen molar-refractivity contribution in [3.8, 4) is 11.4 Å². The molecule has 0 atom stereocenters. The number of halogens is 1. The molecule has 0 aliphatic heterocycles. The molecule has 3 aromatic rings. The summed E-state index contributed by atoms with van der Waals surface area (Å²) in [7, 11) is 0. The van der Waals surface area contributed by atoms with Gasteiger partial charge in [-0.3, -0.25) is 9.78 Å². The Hall–Kier alpha value is -2.13. The van der Waals surface area contributed by atoms with Crippen LogP contribution < -0.4 is 0 Å². The van der Waals surface area contributed by atoms with E-state index in [2.05, 4.69) is 9.97 Å². The predicted molar refractivity (Wildman–Crippen MR) is 74.2 cm³/mol. The lowest BCUT2D eigenvalue weighted by Crippen LogP contribution is -1.86. The summed E-state index contributed by atoms with van der Waals surface area (Å²) in [5.41, 5.74) is 3.18. The van der Waals surface area contributed by atoms with Crippen LogP contribution in [0.25, 0.3) is 22.3 Å². The zero-order valence-electron chi connectivity index (χ0n) is 9.46. The van der Waals surface area contributed by atoms with Crippen LogP contribution in [0.15, 0.2) is 48.7 Å². The van der Waals surface area contributed by atoms with Gasteiger partial charge in [-0.1, -0.05) is 24.3 Å². The van der Waals surface area contributed by atoms with Crippen molar-refractivity contribution in [2.75, 3.05) is 0 Å². The average molecular weight is 259 g/mol. The number of benzene rings is 1. The number of aromatic nitrogens is 2. The monoisotopic (exact) mass is 258 g/mol. The molecule has 1 N–H and O–H groups in total. The first kappa shape index (κ1) is 12.3. The minimum atomic E-state index is 0. The van der Waals surface area contributed by atoms with Crippen LogP contribution in [0.5, 0.6) is 0 Å². The predicted octanol–water partition coefficient (Wildman–Crippen LogP) is 3.46. The van der Waals surface area contributed by atoms with E-state index in [1.165, 1.54) is 0 Å². The topological polar surface area (TPSA) is 45.8 Å². The Balaban J connectivity index is 0.00000120. The largest absolute Gasteiger partial charge is 0.353 e. The Kier molecular flexibility index (Phi) is 3.44. The molecule has 2 aromatic heterocycles. The number of fused-ring (bicyclic) bond motifs is 1. The van der Waals surface area contributed by atoms with Gasteiger partial charge in [-0.25, -0.2) is 0 Å². The molecule has 0 amide bonds. The molecule has 90 valence electrons. The third kappa shape index (κ3) is 1.89. The summed E-state index contributed by atoms with van der Waals surface area (Å²) in [4.78, 5) is 18.7. The minimum absolute atomic E-state index is 0. The van der Waals surface area contributed by atoms with Crippen molar-refractivity contribution < 1.29 is 4.79 Å². The Morgan fingerprint density at radius 2 is 1.83 bits per heavy atom. The Morgan fingerprint density at radius 3 is 2.56 bits per heavy atom. The highest BCUT2D eigenvalue weighted by atomic mass is 35.5. The number of para-hydroxylation sites is 1. The standard InChI is InChI=1S/C14H10N2O.ClH/c17-9-11-10-5-1-2-6-12(10)16-14(11)13-7-3-4-8-15-13;/h1-9,16H;1H. The first-order valence-corrected chi connectivity index (χ1v) is 5.37. The number of H-pyrrole nitrogens is 1. The number of hydrogen-bond donors (Lipinski definition) is 1. The fourth-order valence-electron chi connectivity index (χ4n) is 2.00. The van der Waals surface area contributed by atoms with Gasteiger partial charge in [-0.15, -0.1) is 12.4 Å². The molecular weight excluding hydrogens is 248 g/mol. The maximum Gasteiger partial charge on any atom is 0.152 e. The lowest BCUT2D eigenvalue weighted by Gasteiger charge is -1.97. The van der Waals surface area contributed by atoms with E-state index in [9.17, 15) is 4.79 Å². The fourth-order valence-corrected chi connectivity index (χ4v) is 2.00.